The Labute approximate surface area is 415 Å². The SMILES string of the molecule is c1ccc(C2(c3ccccc3)c3ccccc3-c3c(N(c4ccc(-c5ccc(-c6cccc7c6sc6ccccc67)cc5)cc4)c4cccc(-c5ccc6sc7ccccc7c6c5)c4)cccc32)cc1. The minimum Gasteiger partial charge on any atom is -0.310 e. The molecular weight excluding hydrogens is 883 g/mol. The van der Waals surface area contributed by atoms with Crippen molar-refractivity contribution >= 4 is 80.1 Å². The minimum absolute atomic E-state index is 0.519. The predicted octanol–water partition coefficient (Wildman–Crippen LogP) is 19.3. The zero-order valence-corrected chi connectivity index (χ0v) is 39.7. The van der Waals surface area contributed by atoms with Crippen LogP contribution in [0.25, 0.3) is 84.9 Å². The van der Waals surface area contributed by atoms with E-state index in [1.54, 1.807) is 0 Å². The van der Waals surface area contributed by atoms with Gasteiger partial charge in [-0.1, -0.05) is 206 Å². The molecular formula is C67H43NS2. The normalized spacial score (nSPS) is 12.7. The summed E-state index contributed by atoms with van der Waals surface area (Å²) in [4.78, 5) is 2.49. The van der Waals surface area contributed by atoms with E-state index in [-0.39, 0.29) is 0 Å². The molecule has 14 rings (SSSR count). The summed E-state index contributed by atoms with van der Waals surface area (Å²) in [6.07, 6.45) is 0. The number of fused-ring (bicyclic) bond motifs is 9. The Morgan fingerprint density at radius 2 is 0.829 bits per heavy atom. The van der Waals surface area contributed by atoms with Crippen LogP contribution in [-0.4, -0.2) is 0 Å². The molecule has 1 nitrogen and oxygen atoms in total. The van der Waals surface area contributed by atoms with Crippen molar-refractivity contribution in [2.45, 2.75) is 5.41 Å². The first kappa shape index (κ1) is 40.7. The first-order chi connectivity index (χ1) is 34.7. The van der Waals surface area contributed by atoms with E-state index >= 15 is 0 Å². The number of anilines is 3. The Hall–Kier alpha value is -8.34. The molecule has 2 aromatic heterocycles. The second kappa shape index (κ2) is 16.4. The molecule has 0 unspecified atom stereocenters. The third kappa shape index (κ3) is 6.36. The fourth-order valence-corrected chi connectivity index (χ4v) is 13.8. The van der Waals surface area contributed by atoms with Crippen LogP contribution in [0.3, 0.4) is 0 Å². The first-order valence-corrected chi connectivity index (χ1v) is 25.6. The monoisotopic (exact) mass is 925 g/mol. The summed E-state index contributed by atoms with van der Waals surface area (Å²) in [7, 11) is 0. The summed E-state index contributed by atoms with van der Waals surface area (Å²) in [5, 5.41) is 5.26. The van der Waals surface area contributed by atoms with Crippen LogP contribution in [0.5, 0.6) is 0 Å². The Balaban J connectivity index is 0.925. The smallest absolute Gasteiger partial charge is 0.0714 e. The number of benzene rings is 11. The molecule has 0 amide bonds. The van der Waals surface area contributed by atoms with Gasteiger partial charge in [0.1, 0.15) is 0 Å². The minimum atomic E-state index is -0.519. The van der Waals surface area contributed by atoms with Crippen molar-refractivity contribution in [3.05, 3.63) is 283 Å². The van der Waals surface area contributed by atoms with Gasteiger partial charge in [0.05, 0.1) is 11.1 Å². The van der Waals surface area contributed by atoms with E-state index < -0.39 is 5.41 Å². The highest BCUT2D eigenvalue weighted by molar-refractivity contribution is 7.26. The quantitative estimate of drug-likeness (QED) is 0.147. The Morgan fingerprint density at radius 3 is 1.59 bits per heavy atom. The summed E-state index contributed by atoms with van der Waals surface area (Å²) in [5.74, 6) is 0. The lowest BCUT2D eigenvalue weighted by atomic mass is 9.68. The lowest BCUT2D eigenvalue weighted by Gasteiger charge is -2.34. The Kier molecular flexibility index (Phi) is 9.55. The molecule has 0 fully saturated rings. The highest BCUT2D eigenvalue weighted by atomic mass is 32.1. The average molecular weight is 926 g/mol. The van der Waals surface area contributed by atoms with Crippen molar-refractivity contribution in [1.29, 1.82) is 0 Å². The van der Waals surface area contributed by atoms with Crippen LogP contribution in [0.15, 0.2) is 261 Å². The molecule has 70 heavy (non-hydrogen) atoms. The topological polar surface area (TPSA) is 3.24 Å². The van der Waals surface area contributed by atoms with Crippen molar-refractivity contribution in [2.75, 3.05) is 4.90 Å². The van der Waals surface area contributed by atoms with E-state index in [1.165, 1.54) is 107 Å². The van der Waals surface area contributed by atoms with Gasteiger partial charge in [-0.15, -0.1) is 22.7 Å². The number of hydrogen-bond acceptors (Lipinski definition) is 3. The van der Waals surface area contributed by atoms with Crippen molar-refractivity contribution in [1.82, 2.24) is 0 Å². The van der Waals surface area contributed by atoms with Gasteiger partial charge in [-0.25, -0.2) is 0 Å². The van der Waals surface area contributed by atoms with E-state index in [0.29, 0.717) is 0 Å². The third-order valence-electron chi connectivity index (χ3n) is 14.6. The molecule has 13 aromatic rings. The Morgan fingerprint density at radius 1 is 0.300 bits per heavy atom. The average Bonchev–Trinajstić information content (AvgIpc) is 4.11. The zero-order valence-electron chi connectivity index (χ0n) is 38.1. The van der Waals surface area contributed by atoms with Gasteiger partial charge in [0.25, 0.3) is 0 Å². The van der Waals surface area contributed by atoms with E-state index in [4.69, 9.17) is 0 Å². The molecule has 0 radical (unpaired) electrons. The molecule has 0 atom stereocenters. The molecule has 3 heteroatoms. The van der Waals surface area contributed by atoms with Crippen molar-refractivity contribution < 1.29 is 0 Å². The second-order valence-electron chi connectivity index (χ2n) is 18.3. The third-order valence-corrected chi connectivity index (χ3v) is 16.9. The Bertz CT molecular complexity index is 4070. The first-order valence-electron chi connectivity index (χ1n) is 24.0. The number of thiophene rings is 2. The van der Waals surface area contributed by atoms with Gasteiger partial charge in [0.15, 0.2) is 0 Å². The molecule has 0 saturated carbocycles. The van der Waals surface area contributed by atoms with Crippen LogP contribution in [0.1, 0.15) is 22.3 Å². The van der Waals surface area contributed by atoms with Crippen molar-refractivity contribution in [3.63, 3.8) is 0 Å². The van der Waals surface area contributed by atoms with E-state index in [0.717, 1.165) is 17.1 Å². The fourth-order valence-electron chi connectivity index (χ4n) is 11.4. The molecule has 1 aliphatic rings. The summed E-state index contributed by atoms with van der Waals surface area (Å²) < 4.78 is 5.29. The fraction of sp³-hybridized carbons (Fsp3) is 0.0149. The summed E-state index contributed by atoms with van der Waals surface area (Å²) in [5.41, 5.74) is 17.7. The maximum absolute atomic E-state index is 2.49. The molecule has 0 bridgehead atoms. The molecule has 0 spiro atoms. The van der Waals surface area contributed by atoms with Gasteiger partial charge < -0.3 is 4.90 Å². The molecule has 0 N–H and O–H groups in total. The van der Waals surface area contributed by atoms with Gasteiger partial charge in [-0.05, 0) is 116 Å². The van der Waals surface area contributed by atoms with Crippen LogP contribution >= 0.6 is 22.7 Å². The molecule has 328 valence electrons. The van der Waals surface area contributed by atoms with Crippen LogP contribution in [0.4, 0.5) is 17.1 Å². The molecule has 0 saturated heterocycles. The summed E-state index contributed by atoms with van der Waals surface area (Å²) in [6.45, 7) is 0. The zero-order chi connectivity index (χ0) is 46.2. The highest BCUT2D eigenvalue weighted by Gasteiger charge is 2.47. The van der Waals surface area contributed by atoms with Gasteiger partial charge in [-0.2, -0.15) is 0 Å². The lowest BCUT2D eigenvalue weighted by Crippen LogP contribution is -2.28. The van der Waals surface area contributed by atoms with E-state index in [2.05, 4.69) is 266 Å². The predicted molar refractivity (Wildman–Crippen MR) is 301 cm³/mol. The maximum atomic E-state index is 2.49. The molecule has 1 aliphatic carbocycles. The van der Waals surface area contributed by atoms with Gasteiger partial charge in [0, 0.05) is 57.3 Å². The highest BCUT2D eigenvalue weighted by Crippen LogP contribution is 2.59. The van der Waals surface area contributed by atoms with Gasteiger partial charge >= 0.3 is 0 Å². The number of hydrogen-bond donors (Lipinski definition) is 0. The van der Waals surface area contributed by atoms with Crippen molar-refractivity contribution in [3.8, 4) is 44.5 Å². The molecule has 0 aliphatic heterocycles. The van der Waals surface area contributed by atoms with Gasteiger partial charge in [-0.3, -0.25) is 0 Å². The second-order valence-corrected chi connectivity index (χ2v) is 20.5. The van der Waals surface area contributed by atoms with E-state index in [9.17, 15) is 0 Å². The molecule has 11 aromatic carbocycles. The standard InChI is InChI=1S/C67H43NS2/c1-3-17-49(18-4-1)67(50-19-5-2-6-20-50)59-27-10-7-24-57(59)65-60(67)28-15-29-61(65)68(52-21-13-16-47(42-52)48-38-41-64-58(43-48)55-23-9-11-30-62(55)69-64)51-39-36-45(37-40-51)44-32-34-46(35-33-44)53-25-14-26-56-54-22-8-12-31-63(54)70-66(53)56/h1-43H. The summed E-state index contributed by atoms with van der Waals surface area (Å²) >= 11 is 3.74. The van der Waals surface area contributed by atoms with Crippen LogP contribution in [0, 0.1) is 0 Å². The van der Waals surface area contributed by atoms with Crippen molar-refractivity contribution in [2.24, 2.45) is 0 Å². The number of nitrogens with zero attached hydrogens (tertiary/aromatic N) is 1. The largest absolute Gasteiger partial charge is 0.310 e. The van der Waals surface area contributed by atoms with Crippen LogP contribution in [0.2, 0.25) is 0 Å². The van der Waals surface area contributed by atoms with Crippen LogP contribution < -0.4 is 4.90 Å². The number of rotatable bonds is 8. The van der Waals surface area contributed by atoms with E-state index in [1.807, 2.05) is 22.7 Å². The van der Waals surface area contributed by atoms with Crippen LogP contribution in [-0.2, 0) is 5.41 Å². The molecule has 2 heterocycles. The lowest BCUT2D eigenvalue weighted by molar-refractivity contribution is 0.768. The van der Waals surface area contributed by atoms with Gasteiger partial charge in [0.2, 0.25) is 0 Å². The summed E-state index contributed by atoms with van der Waals surface area (Å²) in [6, 6.07) is 96.8. The maximum Gasteiger partial charge on any atom is 0.0714 e.